The van der Waals surface area contributed by atoms with E-state index in [1.807, 2.05) is 0 Å². The Morgan fingerprint density at radius 2 is 2.00 bits per heavy atom. The molecule has 0 amide bonds. The summed E-state index contributed by atoms with van der Waals surface area (Å²) in [5, 5.41) is 8.98. The molecule has 2 unspecified atom stereocenters. The molecular formula is C11H20O5. The summed E-state index contributed by atoms with van der Waals surface area (Å²) in [5.41, 5.74) is 0.394. The van der Waals surface area contributed by atoms with E-state index in [1.165, 1.54) is 13.4 Å². The molecule has 2 atom stereocenters. The SMILES string of the molecule is COC=C(C)C(=O)OCC(C)OCC(C)O. The zero-order valence-electron chi connectivity index (χ0n) is 10.2. The van der Waals surface area contributed by atoms with Gasteiger partial charge in [-0.1, -0.05) is 0 Å². The highest BCUT2D eigenvalue weighted by atomic mass is 16.6. The van der Waals surface area contributed by atoms with E-state index in [-0.39, 0.29) is 19.3 Å². The van der Waals surface area contributed by atoms with E-state index in [2.05, 4.69) is 4.74 Å². The Bertz CT molecular complexity index is 235. The van der Waals surface area contributed by atoms with Gasteiger partial charge in [-0.2, -0.15) is 0 Å². The summed E-state index contributed by atoms with van der Waals surface area (Å²) < 4.78 is 14.9. The molecule has 0 heterocycles. The first-order valence-electron chi connectivity index (χ1n) is 5.13. The third kappa shape index (κ3) is 7.25. The van der Waals surface area contributed by atoms with Crippen LogP contribution in [-0.4, -0.2) is 43.6 Å². The van der Waals surface area contributed by atoms with Crippen LogP contribution in [0.4, 0.5) is 0 Å². The van der Waals surface area contributed by atoms with Crippen LogP contribution in [0.25, 0.3) is 0 Å². The maximum atomic E-state index is 11.3. The molecule has 16 heavy (non-hydrogen) atoms. The molecule has 0 aliphatic carbocycles. The van der Waals surface area contributed by atoms with Crippen molar-refractivity contribution in [2.45, 2.75) is 33.0 Å². The molecule has 1 N–H and O–H groups in total. The van der Waals surface area contributed by atoms with Crippen LogP contribution in [0.3, 0.4) is 0 Å². The average molecular weight is 232 g/mol. The predicted molar refractivity (Wildman–Crippen MR) is 58.8 cm³/mol. The maximum Gasteiger partial charge on any atom is 0.336 e. The number of methoxy groups -OCH3 is 1. The van der Waals surface area contributed by atoms with Gasteiger partial charge >= 0.3 is 5.97 Å². The summed E-state index contributed by atoms with van der Waals surface area (Å²) in [6.07, 6.45) is 0.561. The highest BCUT2D eigenvalue weighted by Gasteiger charge is 2.10. The molecule has 0 rings (SSSR count). The number of hydrogen-bond donors (Lipinski definition) is 1. The van der Waals surface area contributed by atoms with Crippen LogP contribution in [0.5, 0.6) is 0 Å². The van der Waals surface area contributed by atoms with Crippen molar-refractivity contribution in [1.82, 2.24) is 0 Å². The third-order valence-corrected chi connectivity index (χ3v) is 1.69. The second kappa shape index (κ2) is 8.13. The van der Waals surface area contributed by atoms with E-state index in [4.69, 9.17) is 14.6 Å². The molecule has 0 bridgehead atoms. The third-order valence-electron chi connectivity index (χ3n) is 1.69. The minimum Gasteiger partial charge on any atom is -0.504 e. The van der Waals surface area contributed by atoms with Crippen LogP contribution in [0.15, 0.2) is 11.8 Å². The number of carbonyl (C=O) groups excluding carboxylic acids is 1. The maximum absolute atomic E-state index is 11.3. The fourth-order valence-electron chi connectivity index (χ4n) is 0.883. The van der Waals surface area contributed by atoms with Crippen LogP contribution in [0, 0.1) is 0 Å². The summed E-state index contributed by atoms with van der Waals surface area (Å²) in [7, 11) is 1.46. The Kier molecular flexibility index (Phi) is 7.58. The molecule has 0 aliphatic rings. The quantitative estimate of drug-likeness (QED) is 0.401. The minimum atomic E-state index is -0.520. The van der Waals surface area contributed by atoms with Crippen molar-refractivity contribution in [2.75, 3.05) is 20.3 Å². The first-order valence-corrected chi connectivity index (χ1v) is 5.13. The van der Waals surface area contributed by atoms with Gasteiger partial charge in [0, 0.05) is 0 Å². The largest absolute Gasteiger partial charge is 0.504 e. The Morgan fingerprint density at radius 1 is 1.38 bits per heavy atom. The Balaban J connectivity index is 3.79. The fourth-order valence-corrected chi connectivity index (χ4v) is 0.883. The summed E-state index contributed by atoms with van der Waals surface area (Å²) in [4.78, 5) is 11.3. The fraction of sp³-hybridized carbons (Fsp3) is 0.727. The summed E-state index contributed by atoms with van der Waals surface area (Å²) in [5.74, 6) is -0.436. The monoisotopic (exact) mass is 232 g/mol. The molecular weight excluding hydrogens is 212 g/mol. The van der Waals surface area contributed by atoms with E-state index >= 15 is 0 Å². The molecule has 94 valence electrons. The lowest BCUT2D eigenvalue weighted by atomic mass is 10.3. The lowest BCUT2D eigenvalue weighted by molar-refractivity contribution is -0.143. The van der Waals surface area contributed by atoms with E-state index in [9.17, 15) is 4.79 Å². The van der Waals surface area contributed by atoms with Gasteiger partial charge in [0.2, 0.25) is 0 Å². The zero-order chi connectivity index (χ0) is 12.6. The highest BCUT2D eigenvalue weighted by molar-refractivity contribution is 5.87. The Hall–Kier alpha value is -1.07. The number of esters is 1. The lowest BCUT2D eigenvalue weighted by Crippen LogP contribution is -2.23. The van der Waals surface area contributed by atoms with E-state index in [0.29, 0.717) is 5.57 Å². The van der Waals surface area contributed by atoms with Crippen LogP contribution >= 0.6 is 0 Å². The van der Waals surface area contributed by atoms with Gasteiger partial charge in [-0.25, -0.2) is 4.79 Å². The number of rotatable bonds is 7. The average Bonchev–Trinajstić information content (AvgIpc) is 2.23. The van der Waals surface area contributed by atoms with Gasteiger partial charge in [0.05, 0.1) is 37.8 Å². The summed E-state index contributed by atoms with van der Waals surface area (Å²) in [6.45, 7) is 5.38. The van der Waals surface area contributed by atoms with Crippen LogP contribution < -0.4 is 0 Å². The van der Waals surface area contributed by atoms with Gasteiger partial charge in [-0.15, -0.1) is 0 Å². The lowest BCUT2D eigenvalue weighted by Gasteiger charge is -2.14. The molecule has 0 spiro atoms. The summed E-state index contributed by atoms with van der Waals surface area (Å²) in [6, 6.07) is 0. The van der Waals surface area contributed by atoms with Gasteiger partial charge in [0.15, 0.2) is 0 Å². The molecule has 0 aromatic rings. The molecule has 0 aromatic carbocycles. The minimum absolute atomic E-state index is 0.153. The summed E-state index contributed by atoms with van der Waals surface area (Å²) >= 11 is 0. The molecule has 0 aromatic heterocycles. The Morgan fingerprint density at radius 3 is 2.50 bits per heavy atom. The van der Waals surface area contributed by atoms with Gasteiger partial charge < -0.3 is 19.3 Å². The van der Waals surface area contributed by atoms with Crippen molar-refractivity contribution < 1.29 is 24.1 Å². The van der Waals surface area contributed by atoms with Crippen molar-refractivity contribution in [3.8, 4) is 0 Å². The molecule has 5 heteroatoms. The zero-order valence-corrected chi connectivity index (χ0v) is 10.2. The number of hydrogen-bond acceptors (Lipinski definition) is 5. The molecule has 0 saturated heterocycles. The second-order valence-electron chi connectivity index (χ2n) is 3.63. The first kappa shape index (κ1) is 14.9. The van der Waals surface area contributed by atoms with Crippen molar-refractivity contribution in [1.29, 1.82) is 0 Å². The normalized spacial score (nSPS) is 15.4. The van der Waals surface area contributed by atoms with E-state index in [0.717, 1.165) is 0 Å². The van der Waals surface area contributed by atoms with Crippen LogP contribution in [-0.2, 0) is 19.0 Å². The Labute approximate surface area is 96.0 Å². The standard InChI is InChI=1S/C11H20O5/c1-8(5-14-4)11(13)16-7-10(3)15-6-9(2)12/h5,9-10,12H,6-7H2,1-4H3. The van der Waals surface area contributed by atoms with Crippen LogP contribution in [0.1, 0.15) is 20.8 Å². The topological polar surface area (TPSA) is 65.0 Å². The highest BCUT2D eigenvalue weighted by Crippen LogP contribution is 2.00. The van der Waals surface area contributed by atoms with Gasteiger partial charge in [-0.05, 0) is 20.8 Å². The number of aliphatic hydroxyl groups is 1. The number of ether oxygens (including phenoxy) is 3. The molecule has 0 saturated carbocycles. The van der Waals surface area contributed by atoms with Crippen molar-refractivity contribution in [3.63, 3.8) is 0 Å². The van der Waals surface area contributed by atoms with Gasteiger partial charge in [0.1, 0.15) is 6.61 Å². The van der Waals surface area contributed by atoms with Crippen molar-refractivity contribution >= 4 is 5.97 Å². The van der Waals surface area contributed by atoms with Crippen molar-refractivity contribution in [2.24, 2.45) is 0 Å². The van der Waals surface area contributed by atoms with Crippen molar-refractivity contribution in [3.05, 3.63) is 11.8 Å². The second-order valence-corrected chi connectivity index (χ2v) is 3.63. The number of aliphatic hydroxyl groups excluding tert-OH is 1. The molecule has 0 aliphatic heterocycles. The van der Waals surface area contributed by atoms with Crippen LogP contribution in [0.2, 0.25) is 0 Å². The first-order chi connectivity index (χ1) is 7.47. The van der Waals surface area contributed by atoms with Gasteiger partial charge in [0.25, 0.3) is 0 Å². The van der Waals surface area contributed by atoms with E-state index < -0.39 is 12.1 Å². The number of carbonyl (C=O) groups is 1. The van der Waals surface area contributed by atoms with E-state index in [1.54, 1.807) is 20.8 Å². The molecule has 0 radical (unpaired) electrons. The van der Waals surface area contributed by atoms with Gasteiger partial charge in [-0.3, -0.25) is 0 Å². The molecule has 5 nitrogen and oxygen atoms in total. The molecule has 0 fully saturated rings. The smallest absolute Gasteiger partial charge is 0.336 e. The predicted octanol–water partition coefficient (Wildman–Crippen LogP) is 0.866.